The second kappa shape index (κ2) is 7.74. The van der Waals surface area contributed by atoms with Gasteiger partial charge in [-0.1, -0.05) is 56.5 Å². The zero-order valence-corrected chi connectivity index (χ0v) is 14.5. The summed E-state index contributed by atoms with van der Waals surface area (Å²) >= 11 is 3.38. The minimum atomic E-state index is 0.110. The lowest BCUT2D eigenvalue weighted by molar-refractivity contribution is 0.111. The van der Waals surface area contributed by atoms with Gasteiger partial charge in [0.2, 0.25) is 0 Å². The van der Waals surface area contributed by atoms with Gasteiger partial charge in [-0.3, -0.25) is 0 Å². The first-order chi connectivity index (χ1) is 11.7. The highest BCUT2D eigenvalue weighted by atomic mass is 79.9. The number of hydrogen-bond acceptors (Lipinski definition) is 6. The first-order valence-corrected chi connectivity index (χ1v) is 8.07. The zero-order valence-electron chi connectivity index (χ0n) is 12.9. The molecule has 0 atom stereocenters. The van der Waals surface area contributed by atoms with E-state index < -0.39 is 0 Å². The summed E-state index contributed by atoms with van der Waals surface area (Å²) in [4.78, 5) is 5.27. The first kappa shape index (κ1) is 16.2. The van der Waals surface area contributed by atoms with E-state index in [1.165, 1.54) is 0 Å². The van der Waals surface area contributed by atoms with Gasteiger partial charge in [-0.15, -0.1) is 5.10 Å². The molecule has 2 aromatic carbocycles. The molecule has 24 heavy (non-hydrogen) atoms. The fourth-order valence-electron chi connectivity index (χ4n) is 1.94. The van der Waals surface area contributed by atoms with E-state index in [2.05, 4.69) is 36.6 Å². The number of halogens is 1. The molecule has 0 radical (unpaired) electrons. The van der Waals surface area contributed by atoms with Gasteiger partial charge in [0, 0.05) is 10.2 Å². The fourth-order valence-corrected chi connectivity index (χ4v) is 2.20. The number of hydrogen-bond donors (Lipinski definition) is 1. The highest BCUT2D eigenvalue weighted by Crippen LogP contribution is 2.18. The SMILES string of the molecule is C/C(=N\OCc1nnc(Nc2ccc(Br)cc2)o1)c1ccccc1. The number of benzene rings is 2. The number of rotatable bonds is 6. The predicted molar refractivity (Wildman–Crippen MR) is 95.2 cm³/mol. The van der Waals surface area contributed by atoms with E-state index in [0.717, 1.165) is 21.4 Å². The van der Waals surface area contributed by atoms with E-state index in [1.807, 2.05) is 61.5 Å². The van der Waals surface area contributed by atoms with E-state index in [1.54, 1.807) is 0 Å². The number of aromatic nitrogens is 2. The quantitative estimate of drug-likeness (QED) is 0.498. The Morgan fingerprint density at radius 3 is 2.62 bits per heavy atom. The average Bonchev–Trinajstić information content (AvgIpc) is 3.05. The lowest BCUT2D eigenvalue weighted by atomic mass is 10.1. The Balaban J connectivity index is 1.55. The normalized spacial score (nSPS) is 11.3. The molecule has 0 aliphatic heterocycles. The van der Waals surface area contributed by atoms with Gasteiger partial charge >= 0.3 is 6.01 Å². The summed E-state index contributed by atoms with van der Waals surface area (Å²) in [6.07, 6.45) is 0. The van der Waals surface area contributed by atoms with E-state index in [0.29, 0.717) is 11.9 Å². The molecule has 0 fully saturated rings. The zero-order chi connectivity index (χ0) is 16.8. The monoisotopic (exact) mass is 386 g/mol. The van der Waals surface area contributed by atoms with Crippen LogP contribution in [0.15, 0.2) is 68.6 Å². The molecule has 1 heterocycles. The van der Waals surface area contributed by atoms with Gasteiger partial charge in [-0.25, -0.2) is 0 Å². The van der Waals surface area contributed by atoms with E-state index in [4.69, 9.17) is 9.25 Å². The van der Waals surface area contributed by atoms with Crippen molar-refractivity contribution < 1.29 is 9.25 Å². The van der Waals surface area contributed by atoms with Crippen LogP contribution in [0.3, 0.4) is 0 Å². The highest BCUT2D eigenvalue weighted by molar-refractivity contribution is 9.10. The van der Waals surface area contributed by atoms with Crippen LogP contribution in [0.1, 0.15) is 18.4 Å². The average molecular weight is 387 g/mol. The molecule has 0 aliphatic carbocycles. The summed E-state index contributed by atoms with van der Waals surface area (Å²) in [7, 11) is 0. The van der Waals surface area contributed by atoms with Gasteiger partial charge in [0.15, 0.2) is 6.61 Å². The molecule has 3 rings (SSSR count). The van der Waals surface area contributed by atoms with E-state index in [-0.39, 0.29) is 6.61 Å². The second-order valence-electron chi connectivity index (χ2n) is 4.95. The van der Waals surface area contributed by atoms with E-state index >= 15 is 0 Å². The third-order valence-electron chi connectivity index (χ3n) is 3.14. The summed E-state index contributed by atoms with van der Waals surface area (Å²) in [6, 6.07) is 17.7. The van der Waals surface area contributed by atoms with Crippen LogP contribution in [0, 0.1) is 0 Å². The summed E-state index contributed by atoms with van der Waals surface area (Å²) in [5, 5.41) is 14.9. The standard InChI is InChI=1S/C17H15BrN4O2/c1-12(13-5-3-2-4-6-13)22-23-11-16-20-21-17(24-16)19-15-9-7-14(18)8-10-15/h2-10H,11H2,1H3,(H,19,21)/b22-12+. The van der Waals surface area contributed by atoms with Gasteiger partial charge in [0.1, 0.15) is 0 Å². The molecule has 0 saturated heterocycles. The molecule has 0 spiro atoms. The fraction of sp³-hybridized carbons (Fsp3) is 0.118. The number of anilines is 2. The topological polar surface area (TPSA) is 72.5 Å². The molecule has 6 nitrogen and oxygen atoms in total. The minimum Gasteiger partial charge on any atom is -0.404 e. The van der Waals surface area contributed by atoms with Crippen LogP contribution >= 0.6 is 15.9 Å². The molecule has 1 aromatic heterocycles. The molecule has 0 bridgehead atoms. The van der Waals surface area contributed by atoms with Gasteiger partial charge in [0.05, 0.1) is 5.71 Å². The Morgan fingerprint density at radius 1 is 1.12 bits per heavy atom. The summed E-state index contributed by atoms with van der Waals surface area (Å²) in [5.41, 5.74) is 2.64. The van der Waals surface area contributed by atoms with Crippen molar-refractivity contribution >= 4 is 33.3 Å². The second-order valence-corrected chi connectivity index (χ2v) is 5.86. The Morgan fingerprint density at radius 2 is 1.88 bits per heavy atom. The van der Waals surface area contributed by atoms with Crippen LogP contribution in [0.25, 0.3) is 0 Å². The number of oxime groups is 1. The largest absolute Gasteiger partial charge is 0.404 e. The van der Waals surface area contributed by atoms with Crippen molar-refractivity contribution in [2.45, 2.75) is 13.5 Å². The Kier molecular flexibility index (Phi) is 5.22. The third kappa shape index (κ3) is 4.42. The molecule has 7 heteroatoms. The molecule has 3 aromatic rings. The molecule has 1 N–H and O–H groups in total. The summed E-state index contributed by atoms with van der Waals surface area (Å²) in [6.45, 7) is 1.99. The molecular weight excluding hydrogens is 372 g/mol. The minimum absolute atomic E-state index is 0.110. The maximum absolute atomic E-state index is 5.47. The maximum atomic E-state index is 5.47. The Bertz CT molecular complexity index is 816. The van der Waals surface area contributed by atoms with Crippen LogP contribution in [0.2, 0.25) is 0 Å². The van der Waals surface area contributed by atoms with Gasteiger partial charge in [0.25, 0.3) is 5.89 Å². The van der Waals surface area contributed by atoms with Gasteiger partial charge in [-0.2, -0.15) is 0 Å². The Hall–Kier alpha value is -2.67. The Labute approximate surface area is 147 Å². The summed E-state index contributed by atoms with van der Waals surface area (Å²) in [5.74, 6) is 0.347. The van der Waals surface area contributed by atoms with Crippen molar-refractivity contribution in [3.8, 4) is 0 Å². The summed E-state index contributed by atoms with van der Waals surface area (Å²) < 4.78 is 6.47. The molecular formula is C17H15BrN4O2. The first-order valence-electron chi connectivity index (χ1n) is 7.27. The van der Waals surface area contributed by atoms with Crippen molar-refractivity contribution in [3.63, 3.8) is 0 Å². The van der Waals surface area contributed by atoms with E-state index in [9.17, 15) is 0 Å². The van der Waals surface area contributed by atoms with Crippen molar-refractivity contribution in [3.05, 3.63) is 70.5 Å². The van der Waals surface area contributed by atoms with Crippen molar-refractivity contribution in [2.75, 3.05) is 5.32 Å². The maximum Gasteiger partial charge on any atom is 0.320 e. The molecule has 122 valence electrons. The lowest BCUT2D eigenvalue weighted by Gasteiger charge is -2.01. The van der Waals surface area contributed by atoms with Crippen LogP contribution in [-0.2, 0) is 11.4 Å². The molecule has 0 amide bonds. The van der Waals surface area contributed by atoms with Gasteiger partial charge in [-0.05, 0) is 36.8 Å². The smallest absolute Gasteiger partial charge is 0.320 e. The van der Waals surface area contributed by atoms with Crippen molar-refractivity contribution in [1.29, 1.82) is 0 Å². The third-order valence-corrected chi connectivity index (χ3v) is 3.67. The van der Waals surface area contributed by atoms with Gasteiger partial charge < -0.3 is 14.6 Å². The lowest BCUT2D eigenvalue weighted by Crippen LogP contribution is -1.96. The number of nitrogens with zero attached hydrogens (tertiary/aromatic N) is 3. The van der Waals surface area contributed by atoms with Crippen LogP contribution in [0.4, 0.5) is 11.7 Å². The van der Waals surface area contributed by atoms with Crippen LogP contribution < -0.4 is 5.32 Å². The molecule has 0 unspecified atom stereocenters. The predicted octanol–water partition coefficient (Wildman–Crippen LogP) is 4.52. The van der Waals surface area contributed by atoms with Crippen LogP contribution in [0.5, 0.6) is 0 Å². The number of nitrogens with one attached hydrogen (secondary N) is 1. The highest BCUT2D eigenvalue weighted by Gasteiger charge is 2.07. The molecule has 0 saturated carbocycles. The van der Waals surface area contributed by atoms with Crippen molar-refractivity contribution in [1.82, 2.24) is 10.2 Å². The van der Waals surface area contributed by atoms with Crippen LogP contribution in [-0.4, -0.2) is 15.9 Å². The van der Waals surface area contributed by atoms with Crippen molar-refractivity contribution in [2.24, 2.45) is 5.16 Å². The molecule has 0 aliphatic rings.